The van der Waals surface area contributed by atoms with E-state index in [-0.39, 0.29) is 23.9 Å². The van der Waals surface area contributed by atoms with Crippen LogP contribution in [-0.2, 0) is 9.53 Å². The summed E-state index contributed by atoms with van der Waals surface area (Å²) in [6, 6.07) is 7.07. The van der Waals surface area contributed by atoms with Gasteiger partial charge in [0.2, 0.25) is 11.8 Å². The first-order valence-corrected chi connectivity index (χ1v) is 9.30. The fourth-order valence-corrected chi connectivity index (χ4v) is 2.72. The average Bonchev–Trinajstić information content (AvgIpc) is 2.67. The molecule has 2 aromatic rings. The van der Waals surface area contributed by atoms with Crippen LogP contribution in [0.25, 0.3) is 0 Å². The van der Waals surface area contributed by atoms with E-state index in [0.29, 0.717) is 29.8 Å². The number of nitrogens with one attached hydrogen (secondary N) is 1. The van der Waals surface area contributed by atoms with Crippen molar-refractivity contribution in [3.63, 3.8) is 0 Å². The van der Waals surface area contributed by atoms with Gasteiger partial charge in [0.05, 0.1) is 11.0 Å². The van der Waals surface area contributed by atoms with Gasteiger partial charge in [0.1, 0.15) is 17.1 Å². The molecule has 0 saturated heterocycles. The number of ether oxygens (including phenoxy) is 2. The fraction of sp³-hybridized carbons (Fsp3) is 0.316. The van der Waals surface area contributed by atoms with Gasteiger partial charge in [0.15, 0.2) is 0 Å². The van der Waals surface area contributed by atoms with Crippen molar-refractivity contribution in [2.75, 3.05) is 33.9 Å². The molecule has 0 atom stereocenters. The number of carbonyl (C=O) groups is 2. The number of hydrogen-bond acceptors (Lipinski definition) is 5. The first-order valence-electron chi connectivity index (χ1n) is 8.51. The number of aromatic nitrogens is 1. The van der Waals surface area contributed by atoms with Crippen molar-refractivity contribution >= 4 is 27.7 Å². The minimum absolute atomic E-state index is 0.0622. The van der Waals surface area contributed by atoms with Gasteiger partial charge >= 0.3 is 0 Å². The summed E-state index contributed by atoms with van der Waals surface area (Å²) in [5.41, 5.74) is 0.188. The van der Waals surface area contributed by atoms with Gasteiger partial charge in [-0.15, -0.1) is 0 Å². The van der Waals surface area contributed by atoms with Gasteiger partial charge < -0.3 is 19.7 Å². The van der Waals surface area contributed by atoms with Crippen LogP contribution >= 0.6 is 15.9 Å². The molecule has 0 saturated carbocycles. The second kappa shape index (κ2) is 10.7. The third-order valence-electron chi connectivity index (χ3n) is 3.68. The van der Waals surface area contributed by atoms with Gasteiger partial charge in [0, 0.05) is 33.5 Å². The minimum Gasteiger partial charge on any atom is -0.437 e. The number of nitrogens with zero attached hydrogens (tertiary/aromatic N) is 2. The Hall–Kier alpha value is -2.52. The molecule has 0 fully saturated rings. The average molecular weight is 454 g/mol. The quantitative estimate of drug-likeness (QED) is 0.590. The Bertz CT molecular complexity index is 835. The monoisotopic (exact) mass is 453 g/mol. The highest BCUT2D eigenvalue weighted by molar-refractivity contribution is 9.10. The highest BCUT2D eigenvalue weighted by Gasteiger charge is 2.20. The van der Waals surface area contributed by atoms with Gasteiger partial charge in [-0.25, -0.2) is 9.37 Å². The predicted molar refractivity (Wildman–Crippen MR) is 105 cm³/mol. The third kappa shape index (κ3) is 6.28. The number of benzene rings is 1. The molecule has 7 nitrogen and oxygen atoms in total. The van der Waals surface area contributed by atoms with E-state index < -0.39 is 11.7 Å². The number of methoxy groups -OCH3 is 1. The Balaban J connectivity index is 2.06. The highest BCUT2D eigenvalue weighted by Crippen LogP contribution is 2.31. The van der Waals surface area contributed by atoms with Crippen LogP contribution in [-0.4, -0.2) is 55.6 Å². The van der Waals surface area contributed by atoms with Crippen molar-refractivity contribution in [2.24, 2.45) is 0 Å². The van der Waals surface area contributed by atoms with Crippen molar-refractivity contribution < 1.29 is 23.5 Å². The summed E-state index contributed by atoms with van der Waals surface area (Å²) in [7, 11) is 3.11. The second-order valence-corrected chi connectivity index (χ2v) is 6.74. The molecule has 1 aromatic carbocycles. The lowest BCUT2D eigenvalue weighted by atomic mass is 10.2. The first-order chi connectivity index (χ1) is 13.4. The second-order valence-electron chi connectivity index (χ2n) is 5.89. The molecule has 2 rings (SSSR count). The van der Waals surface area contributed by atoms with Gasteiger partial charge in [0.25, 0.3) is 5.91 Å². The molecule has 1 aromatic heterocycles. The fourth-order valence-electron chi connectivity index (χ4n) is 2.29. The number of amides is 2. The predicted octanol–water partition coefficient (Wildman–Crippen LogP) is 3.00. The zero-order valence-electron chi connectivity index (χ0n) is 15.6. The van der Waals surface area contributed by atoms with Crippen molar-refractivity contribution in [3.8, 4) is 11.6 Å². The molecule has 0 bridgehead atoms. The van der Waals surface area contributed by atoms with Crippen molar-refractivity contribution in [2.45, 2.75) is 6.42 Å². The number of likely N-dealkylation sites (N-methyl/N-ethyl adjacent to an activating group) is 1. The normalized spacial score (nSPS) is 10.4. The van der Waals surface area contributed by atoms with E-state index in [9.17, 15) is 14.0 Å². The highest BCUT2D eigenvalue weighted by atomic mass is 79.9. The summed E-state index contributed by atoms with van der Waals surface area (Å²) < 4.78 is 24.2. The zero-order valence-corrected chi connectivity index (χ0v) is 17.2. The number of hydrogen-bond donors (Lipinski definition) is 1. The van der Waals surface area contributed by atoms with Crippen molar-refractivity contribution in [3.05, 3.63) is 52.4 Å². The summed E-state index contributed by atoms with van der Waals surface area (Å²) >= 11 is 3.21. The van der Waals surface area contributed by atoms with Gasteiger partial charge in [-0.2, -0.15) is 0 Å². The molecule has 2 amide bonds. The Morgan fingerprint density at radius 3 is 2.82 bits per heavy atom. The first kappa shape index (κ1) is 21.8. The maximum atomic E-state index is 13.2. The van der Waals surface area contributed by atoms with Crippen LogP contribution in [0.4, 0.5) is 4.39 Å². The van der Waals surface area contributed by atoms with Crippen molar-refractivity contribution in [1.82, 2.24) is 15.2 Å². The van der Waals surface area contributed by atoms with Crippen LogP contribution in [0.5, 0.6) is 11.6 Å². The standard InChI is InChI=1S/C19H21BrFN3O4/c1-24(12-17(25)22-9-4-10-27-2)19(26)14-5-3-8-23-18(14)28-16-7-6-13(21)11-15(16)20/h3,5-8,11H,4,9-10,12H2,1-2H3,(H,22,25). The van der Waals surface area contributed by atoms with Crippen LogP contribution in [0, 0.1) is 5.82 Å². The summed E-state index contributed by atoms with van der Waals surface area (Å²) in [6.07, 6.45) is 2.17. The van der Waals surface area contributed by atoms with E-state index in [2.05, 4.69) is 26.2 Å². The molecule has 1 N–H and O–H groups in total. The third-order valence-corrected chi connectivity index (χ3v) is 4.30. The summed E-state index contributed by atoms with van der Waals surface area (Å²) in [4.78, 5) is 30.1. The molecule has 0 radical (unpaired) electrons. The summed E-state index contributed by atoms with van der Waals surface area (Å²) in [5, 5.41) is 2.72. The maximum Gasteiger partial charge on any atom is 0.259 e. The molecule has 0 unspecified atom stereocenters. The van der Waals surface area contributed by atoms with Crippen LogP contribution in [0.3, 0.4) is 0 Å². The van der Waals surface area contributed by atoms with Crippen LogP contribution in [0.2, 0.25) is 0 Å². The van der Waals surface area contributed by atoms with E-state index in [4.69, 9.17) is 9.47 Å². The van der Waals surface area contributed by atoms with Crippen LogP contribution < -0.4 is 10.1 Å². The van der Waals surface area contributed by atoms with Crippen molar-refractivity contribution in [1.29, 1.82) is 0 Å². The Morgan fingerprint density at radius 2 is 2.11 bits per heavy atom. The minimum atomic E-state index is -0.423. The molecule has 0 spiro atoms. The van der Waals surface area contributed by atoms with E-state index >= 15 is 0 Å². The Labute approximate surface area is 171 Å². The van der Waals surface area contributed by atoms with Crippen LogP contribution in [0.15, 0.2) is 41.0 Å². The SMILES string of the molecule is COCCCNC(=O)CN(C)C(=O)c1cccnc1Oc1ccc(F)cc1Br. The lowest BCUT2D eigenvalue weighted by molar-refractivity contribution is -0.121. The number of halogens is 2. The molecule has 0 aliphatic heterocycles. The topological polar surface area (TPSA) is 80.8 Å². The smallest absolute Gasteiger partial charge is 0.259 e. The summed E-state index contributed by atoms with van der Waals surface area (Å²) in [5.74, 6) is -0.749. The summed E-state index contributed by atoms with van der Waals surface area (Å²) in [6.45, 7) is 0.902. The maximum absolute atomic E-state index is 13.2. The molecule has 150 valence electrons. The molecule has 0 aliphatic carbocycles. The number of pyridine rings is 1. The molecule has 9 heteroatoms. The van der Waals surface area contributed by atoms with E-state index in [0.717, 1.165) is 0 Å². The zero-order chi connectivity index (χ0) is 20.5. The largest absolute Gasteiger partial charge is 0.437 e. The molecule has 28 heavy (non-hydrogen) atoms. The van der Waals surface area contributed by atoms with Gasteiger partial charge in [-0.05, 0) is 52.7 Å². The lowest BCUT2D eigenvalue weighted by Gasteiger charge is -2.18. The molecular weight excluding hydrogens is 433 g/mol. The number of rotatable bonds is 9. The molecular formula is C19H21BrFN3O4. The van der Waals surface area contributed by atoms with E-state index in [1.807, 2.05) is 0 Å². The van der Waals surface area contributed by atoms with Crippen LogP contribution in [0.1, 0.15) is 16.8 Å². The number of carbonyl (C=O) groups excluding carboxylic acids is 2. The van der Waals surface area contributed by atoms with Gasteiger partial charge in [-0.3, -0.25) is 9.59 Å². The molecule has 1 heterocycles. The van der Waals surface area contributed by atoms with E-state index in [1.165, 1.54) is 36.3 Å². The lowest BCUT2D eigenvalue weighted by Crippen LogP contribution is -2.39. The molecule has 0 aliphatic rings. The van der Waals surface area contributed by atoms with E-state index in [1.54, 1.807) is 19.2 Å². The Morgan fingerprint density at radius 1 is 1.32 bits per heavy atom. The van der Waals surface area contributed by atoms with Gasteiger partial charge in [-0.1, -0.05) is 0 Å². The Kier molecular flexibility index (Phi) is 8.34.